The number of hydrogen-bond acceptors (Lipinski definition) is 5. The molecule has 1 aromatic carbocycles. The first-order valence-electron chi connectivity index (χ1n) is 8.24. The first kappa shape index (κ1) is 17.6. The number of carbonyl (C=O) groups is 2. The number of rotatable bonds is 4. The largest absolute Gasteiger partial charge is 0.321 e. The number of amides is 2. The van der Waals surface area contributed by atoms with Gasteiger partial charge in [-0.1, -0.05) is 6.42 Å². The number of anilines is 1. The van der Waals surface area contributed by atoms with Crippen LogP contribution in [0.4, 0.5) is 5.69 Å². The molecule has 0 bridgehead atoms. The Morgan fingerprint density at radius 3 is 2.36 bits per heavy atom. The van der Waals surface area contributed by atoms with Gasteiger partial charge in [-0.15, -0.1) is 0 Å². The van der Waals surface area contributed by atoms with Gasteiger partial charge in [-0.25, -0.2) is 13.8 Å². The fraction of sp³-hybridized carbons (Fsp3) is 0.438. The molecule has 0 radical (unpaired) electrons. The Kier molecular flexibility index (Phi) is 5.14. The number of sulfonamides is 1. The van der Waals surface area contributed by atoms with Gasteiger partial charge in [0.15, 0.2) is 0 Å². The third-order valence-corrected chi connectivity index (χ3v) is 6.14. The molecule has 8 nitrogen and oxygen atoms in total. The molecule has 3 rings (SSSR count). The molecule has 2 heterocycles. The summed E-state index contributed by atoms with van der Waals surface area (Å²) in [5.41, 5.74) is 2.98. The third kappa shape index (κ3) is 4.05. The highest BCUT2D eigenvalue weighted by atomic mass is 32.2. The summed E-state index contributed by atoms with van der Waals surface area (Å²) < 4.78 is 26.7. The van der Waals surface area contributed by atoms with Crippen molar-refractivity contribution in [2.45, 2.75) is 37.0 Å². The Morgan fingerprint density at radius 2 is 1.76 bits per heavy atom. The standard InChI is InChI=1S/C16H20N4O4S/c21-15-9-8-14(18-19-15)16(22)17-12-4-6-13(7-5-12)25(23,24)20-10-2-1-3-11-20/h4-7H,1-3,8-11H2,(H,17,22)(H,19,21). The van der Waals surface area contributed by atoms with E-state index in [4.69, 9.17) is 0 Å². The maximum Gasteiger partial charge on any atom is 0.271 e. The van der Waals surface area contributed by atoms with E-state index in [1.54, 1.807) is 12.1 Å². The average molecular weight is 364 g/mol. The summed E-state index contributed by atoms with van der Waals surface area (Å²) in [6.07, 6.45) is 3.32. The van der Waals surface area contributed by atoms with Gasteiger partial charge in [-0.3, -0.25) is 9.59 Å². The minimum atomic E-state index is -3.48. The lowest BCUT2D eigenvalue weighted by atomic mass is 10.1. The van der Waals surface area contributed by atoms with Crippen molar-refractivity contribution >= 4 is 33.2 Å². The van der Waals surface area contributed by atoms with E-state index < -0.39 is 15.9 Å². The molecule has 1 saturated heterocycles. The van der Waals surface area contributed by atoms with Gasteiger partial charge >= 0.3 is 0 Å². The zero-order valence-electron chi connectivity index (χ0n) is 13.7. The molecule has 2 amide bonds. The fourth-order valence-electron chi connectivity index (χ4n) is 2.81. The molecule has 0 saturated carbocycles. The second-order valence-electron chi connectivity index (χ2n) is 6.04. The monoisotopic (exact) mass is 364 g/mol. The van der Waals surface area contributed by atoms with Gasteiger partial charge in [0.1, 0.15) is 5.71 Å². The van der Waals surface area contributed by atoms with E-state index in [1.165, 1.54) is 16.4 Å². The lowest BCUT2D eigenvalue weighted by molar-refractivity contribution is -0.121. The zero-order valence-corrected chi connectivity index (χ0v) is 14.5. The molecule has 2 N–H and O–H groups in total. The highest BCUT2D eigenvalue weighted by Gasteiger charge is 2.26. The Hall–Kier alpha value is -2.26. The lowest BCUT2D eigenvalue weighted by Crippen LogP contribution is -2.35. The molecule has 0 atom stereocenters. The molecule has 0 unspecified atom stereocenters. The third-order valence-electron chi connectivity index (χ3n) is 4.23. The summed E-state index contributed by atoms with van der Waals surface area (Å²) in [4.78, 5) is 23.3. The van der Waals surface area contributed by atoms with Gasteiger partial charge in [-0.2, -0.15) is 9.41 Å². The Labute approximate surface area is 146 Å². The topological polar surface area (TPSA) is 108 Å². The highest BCUT2D eigenvalue weighted by Crippen LogP contribution is 2.22. The van der Waals surface area contributed by atoms with Crippen LogP contribution in [0.25, 0.3) is 0 Å². The van der Waals surface area contributed by atoms with Crippen molar-refractivity contribution in [1.82, 2.24) is 9.73 Å². The summed E-state index contributed by atoms with van der Waals surface area (Å²) in [5.74, 6) is -0.629. The Morgan fingerprint density at radius 1 is 1.08 bits per heavy atom. The summed E-state index contributed by atoms with van der Waals surface area (Å²) in [6.45, 7) is 1.10. The van der Waals surface area contributed by atoms with Crippen molar-refractivity contribution in [3.63, 3.8) is 0 Å². The average Bonchev–Trinajstić information content (AvgIpc) is 2.63. The minimum absolute atomic E-state index is 0.217. The zero-order chi connectivity index (χ0) is 17.9. The second kappa shape index (κ2) is 7.32. The van der Waals surface area contributed by atoms with Crippen LogP contribution in [0.15, 0.2) is 34.3 Å². The minimum Gasteiger partial charge on any atom is -0.321 e. The van der Waals surface area contributed by atoms with Gasteiger partial charge in [0.25, 0.3) is 5.91 Å². The molecule has 2 aliphatic heterocycles. The van der Waals surface area contributed by atoms with Gasteiger partial charge in [0, 0.05) is 31.6 Å². The molecule has 2 aliphatic rings. The number of hydrazone groups is 1. The van der Waals surface area contributed by atoms with E-state index in [0.717, 1.165) is 19.3 Å². The maximum atomic E-state index is 12.6. The van der Waals surface area contributed by atoms with Crippen molar-refractivity contribution < 1.29 is 18.0 Å². The van der Waals surface area contributed by atoms with Gasteiger partial charge < -0.3 is 5.32 Å². The van der Waals surface area contributed by atoms with Crippen LogP contribution in [-0.4, -0.2) is 43.3 Å². The summed E-state index contributed by atoms with van der Waals surface area (Å²) >= 11 is 0. The van der Waals surface area contributed by atoms with Crippen LogP contribution in [0.1, 0.15) is 32.1 Å². The van der Waals surface area contributed by atoms with Gasteiger partial charge in [0.2, 0.25) is 15.9 Å². The molecule has 9 heteroatoms. The van der Waals surface area contributed by atoms with Crippen molar-refractivity contribution in [2.24, 2.45) is 5.10 Å². The molecule has 1 fully saturated rings. The number of benzene rings is 1. The van der Waals surface area contributed by atoms with Crippen molar-refractivity contribution in [3.8, 4) is 0 Å². The van der Waals surface area contributed by atoms with Crippen LogP contribution in [0.3, 0.4) is 0 Å². The normalized spacial score (nSPS) is 19.0. The Balaban J connectivity index is 1.68. The molecule has 25 heavy (non-hydrogen) atoms. The van der Waals surface area contributed by atoms with Crippen molar-refractivity contribution in [2.75, 3.05) is 18.4 Å². The lowest BCUT2D eigenvalue weighted by Gasteiger charge is -2.25. The van der Waals surface area contributed by atoms with Gasteiger partial charge in [-0.05, 0) is 37.1 Å². The van der Waals surface area contributed by atoms with Crippen LogP contribution in [-0.2, 0) is 19.6 Å². The molecule has 0 spiro atoms. The van der Waals surface area contributed by atoms with E-state index in [1.807, 2.05) is 0 Å². The number of nitrogens with zero attached hydrogens (tertiary/aromatic N) is 2. The van der Waals surface area contributed by atoms with Crippen LogP contribution >= 0.6 is 0 Å². The molecule has 0 aliphatic carbocycles. The molecule has 1 aromatic rings. The van der Waals surface area contributed by atoms with E-state index in [0.29, 0.717) is 18.8 Å². The van der Waals surface area contributed by atoms with Crippen molar-refractivity contribution in [1.29, 1.82) is 0 Å². The number of nitrogens with one attached hydrogen (secondary N) is 2. The van der Waals surface area contributed by atoms with Crippen LogP contribution in [0, 0.1) is 0 Å². The van der Waals surface area contributed by atoms with Gasteiger partial charge in [0.05, 0.1) is 4.90 Å². The predicted octanol–water partition coefficient (Wildman–Crippen LogP) is 1.07. The maximum absolute atomic E-state index is 12.6. The number of piperidine rings is 1. The van der Waals surface area contributed by atoms with E-state index >= 15 is 0 Å². The number of carbonyl (C=O) groups excluding carboxylic acids is 2. The van der Waals surface area contributed by atoms with Crippen LogP contribution < -0.4 is 10.7 Å². The van der Waals surface area contributed by atoms with E-state index in [-0.39, 0.29) is 29.4 Å². The van der Waals surface area contributed by atoms with Crippen molar-refractivity contribution in [3.05, 3.63) is 24.3 Å². The second-order valence-corrected chi connectivity index (χ2v) is 7.97. The molecular formula is C16H20N4O4S. The summed E-state index contributed by atoms with van der Waals surface area (Å²) in [6, 6.07) is 6.08. The van der Waals surface area contributed by atoms with E-state index in [9.17, 15) is 18.0 Å². The predicted molar refractivity (Wildman–Crippen MR) is 92.5 cm³/mol. The highest BCUT2D eigenvalue weighted by molar-refractivity contribution is 7.89. The first-order chi connectivity index (χ1) is 12.0. The molecule has 134 valence electrons. The SMILES string of the molecule is O=C1CCC(C(=O)Nc2ccc(S(=O)(=O)N3CCCCC3)cc2)=NN1. The first-order valence-corrected chi connectivity index (χ1v) is 9.68. The number of hydrogen-bond donors (Lipinski definition) is 2. The summed E-state index contributed by atoms with van der Waals surface area (Å²) in [7, 11) is -3.48. The molecular weight excluding hydrogens is 344 g/mol. The fourth-order valence-corrected chi connectivity index (χ4v) is 4.32. The molecule has 0 aromatic heterocycles. The van der Waals surface area contributed by atoms with Crippen LogP contribution in [0.5, 0.6) is 0 Å². The smallest absolute Gasteiger partial charge is 0.271 e. The quantitative estimate of drug-likeness (QED) is 0.833. The Bertz CT molecular complexity index is 796. The van der Waals surface area contributed by atoms with Crippen LogP contribution in [0.2, 0.25) is 0 Å². The van der Waals surface area contributed by atoms with E-state index in [2.05, 4.69) is 15.8 Å². The summed E-state index contributed by atoms with van der Waals surface area (Å²) in [5, 5.41) is 6.38.